The molecule has 0 saturated heterocycles. The largest absolute Gasteiger partial charge is 0.377 e. The van der Waals surface area contributed by atoms with Crippen molar-refractivity contribution in [3.8, 4) is 0 Å². The van der Waals surface area contributed by atoms with E-state index in [0.29, 0.717) is 0 Å². The maximum absolute atomic E-state index is 5.83. The monoisotopic (exact) mass is 311 g/mol. The highest BCUT2D eigenvalue weighted by molar-refractivity contribution is 7.12. The molecule has 0 aliphatic rings. The Morgan fingerprint density at radius 2 is 1.81 bits per heavy atom. The van der Waals surface area contributed by atoms with E-state index in [2.05, 4.69) is 32.2 Å². The Morgan fingerprint density at radius 1 is 1.05 bits per heavy atom. The van der Waals surface area contributed by atoms with E-state index in [-0.39, 0.29) is 0 Å². The van der Waals surface area contributed by atoms with E-state index in [1.165, 1.54) is 60.3 Å². The lowest BCUT2D eigenvalue weighted by Crippen LogP contribution is -2.12. The number of aryl methyl sites for hydroxylation is 1. The maximum Gasteiger partial charge on any atom is 0.0727 e. The predicted octanol–water partition coefficient (Wildman–Crippen LogP) is 5.43. The van der Waals surface area contributed by atoms with Gasteiger partial charge in [-0.1, -0.05) is 46.0 Å². The van der Waals surface area contributed by atoms with Crippen molar-refractivity contribution < 1.29 is 4.74 Å². The summed E-state index contributed by atoms with van der Waals surface area (Å²) in [5, 5.41) is 3.46. The molecule has 122 valence electrons. The summed E-state index contributed by atoms with van der Waals surface area (Å²) < 4.78 is 5.83. The predicted molar refractivity (Wildman–Crippen MR) is 94.1 cm³/mol. The van der Waals surface area contributed by atoms with Gasteiger partial charge in [0, 0.05) is 22.9 Å². The first-order chi connectivity index (χ1) is 10.3. The van der Waals surface area contributed by atoms with E-state index < -0.39 is 0 Å². The van der Waals surface area contributed by atoms with Crippen LogP contribution < -0.4 is 5.32 Å². The van der Waals surface area contributed by atoms with Crippen LogP contribution in [0.25, 0.3) is 0 Å². The van der Waals surface area contributed by atoms with Crippen LogP contribution >= 0.6 is 11.3 Å². The van der Waals surface area contributed by atoms with Gasteiger partial charge >= 0.3 is 0 Å². The number of rotatable bonds is 13. The normalized spacial score (nSPS) is 11.2. The minimum atomic E-state index is 0.783. The fourth-order valence-electron chi connectivity index (χ4n) is 2.37. The third kappa shape index (κ3) is 8.60. The number of hydrogen-bond acceptors (Lipinski definition) is 3. The van der Waals surface area contributed by atoms with Crippen molar-refractivity contribution in [1.29, 1.82) is 0 Å². The highest BCUT2D eigenvalue weighted by Crippen LogP contribution is 2.22. The Morgan fingerprint density at radius 3 is 2.57 bits per heavy atom. The van der Waals surface area contributed by atoms with E-state index in [1.54, 1.807) is 0 Å². The molecule has 2 nitrogen and oxygen atoms in total. The van der Waals surface area contributed by atoms with Crippen molar-refractivity contribution in [1.82, 2.24) is 5.32 Å². The SMILES string of the molecule is CCCCCCCCOCc1cc(CNCCC)sc1C. The third-order valence-corrected chi connectivity index (χ3v) is 4.79. The molecule has 1 heterocycles. The van der Waals surface area contributed by atoms with Gasteiger partial charge in [-0.25, -0.2) is 0 Å². The van der Waals surface area contributed by atoms with Crippen LogP contribution in [0.1, 0.15) is 74.1 Å². The summed E-state index contributed by atoms with van der Waals surface area (Å²) in [5.74, 6) is 0. The van der Waals surface area contributed by atoms with E-state index in [9.17, 15) is 0 Å². The van der Waals surface area contributed by atoms with Crippen molar-refractivity contribution >= 4 is 11.3 Å². The summed E-state index contributed by atoms with van der Waals surface area (Å²) in [6.07, 6.45) is 9.16. The Hall–Kier alpha value is -0.380. The van der Waals surface area contributed by atoms with Gasteiger partial charge in [0.05, 0.1) is 6.61 Å². The first-order valence-corrected chi connectivity index (χ1v) is 9.46. The number of nitrogens with one attached hydrogen (secondary N) is 1. The molecule has 0 amide bonds. The molecular weight excluding hydrogens is 278 g/mol. The number of ether oxygens (including phenoxy) is 1. The third-order valence-electron chi connectivity index (χ3n) is 3.70. The van der Waals surface area contributed by atoms with Crippen molar-refractivity contribution in [2.45, 2.75) is 78.9 Å². The molecule has 0 unspecified atom stereocenters. The van der Waals surface area contributed by atoms with E-state index in [4.69, 9.17) is 4.74 Å². The van der Waals surface area contributed by atoms with Gasteiger partial charge in [0.1, 0.15) is 0 Å². The average molecular weight is 312 g/mol. The maximum atomic E-state index is 5.83. The zero-order valence-electron chi connectivity index (χ0n) is 14.2. The molecule has 0 aliphatic heterocycles. The lowest BCUT2D eigenvalue weighted by molar-refractivity contribution is 0.116. The number of unbranched alkanes of at least 4 members (excludes halogenated alkanes) is 5. The molecule has 3 heteroatoms. The Bertz CT molecular complexity index is 362. The highest BCUT2D eigenvalue weighted by atomic mass is 32.1. The van der Waals surface area contributed by atoms with Gasteiger partial charge in [0.2, 0.25) is 0 Å². The summed E-state index contributed by atoms with van der Waals surface area (Å²) in [5.41, 5.74) is 1.37. The lowest BCUT2D eigenvalue weighted by atomic mass is 10.1. The molecule has 1 N–H and O–H groups in total. The van der Waals surface area contributed by atoms with Crippen LogP contribution in [-0.4, -0.2) is 13.2 Å². The topological polar surface area (TPSA) is 21.3 Å². The molecular formula is C18H33NOS. The van der Waals surface area contributed by atoms with Crippen molar-refractivity contribution in [3.63, 3.8) is 0 Å². The lowest BCUT2D eigenvalue weighted by Gasteiger charge is -2.04. The molecule has 0 aromatic carbocycles. The summed E-state index contributed by atoms with van der Waals surface area (Å²) in [4.78, 5) is 2.84. The summed E-state index contributed by atoms with van der Waals surface area (Å²) >= 11 is 1.90. The molecule has 0 radical (unpaired) electrons. The molecule has 1 aromatic rings. The van der Waals surface area contributed by atoms with Crippen LogP contribution in [-0.2, 0) is 17.9 Å². The van der Waals surface area contributed by atoms with Crippen LogP contribution in [0.4, 0.5) is 0 Å². The molecule has 0 bridgehead atoms. The summed E-state index contributed by atoms with van der Waals surface area (Å²) in [6.45, 7) is 10.5. The average Bonchev–Trinajstić information content (AvgIpc) is 2.82. The zero-order valence-corrected chi connectivity index (χ0v) is 15.0. The highest BCUT2D eigenvalue weighted by Gasteiger charge is 2.05. The van der Waals surface area contributed by atoms with Gasteiger partial charge in [-0.2, -0.15) is 0 Å². The van der Waals surface area contributed by atoms with E-state index in [1.807, 2.05) is 11.3 Å². The van der Waals surface area contributed by atoms with E-state index in [0.717, 1.165) is 26.3 Å². The summed E-state index contributed by atoms with van der Waals surface area (Å²) in [6, 6.07) is 2.31. The molecule has 1 aromatic heterocycles. The fourth-order valence-corrected chi connectivity index (χ4v) is 3.39. The quantitative estimate of drug-likeness (QED) is 0.490. The minimum Gasteiger partial charge on any atom is -0.377 e. The van der Waals surface area contributed by atoms with Gasteiger partial charge in [-0.05, 0) is 37.9 Å². The Labute approximate surface area is 135 Å². The van der Waals surface area contributed by atoms with Crippen molar-refractivity contribution in [2.75, 3.05) is 13.2 Å². The summed E-state index contributed by atoms with van der Waals surface area (Å²) in [7, 11) is 0. The number of thiophene rings is 1. The fraction of sp³-hybridized carbons (Fsp3) is 0.778. The minimum absolute atomic E-state index is 0.783. The first-order valence-electron chi connectivity index (χ1n) is 8.64. The molecule has 1 rings (SSSR count). The smallest absolute Gasteiger partial charge is 0.0727 e. The molecule has 0 aliphatic carbocycles. The molecule has 0 fully saturated rings. The van der Waals surface area contributed by atoms with Gasteiger partial charge in [0.25, 0.3) is 0 Å². The Balaban J connectivity index is 2.11. The molecule has 0 atom stereocenters. The van der Waals surface area contributed by atoms with E-state index >= 15 is 0 Å². The van der Waals surface area contributed by atoms with Crippen molar-refractivity contribution in [2.24, 2.45) is 0 Å². The second kappa shape index (κ2) is 12.2. The Kier molecular flexibility index (Phi) is 10.8. The van der Waals surface area contributed by atoms with Gasteiger partial charge < -0.3 is 10.1 Å². The van der Waals surface area contributed by atoms with Crippen LogP contribution in [0.3, 0.4) is 0 Å². The van der Waals surface area contributed by atoms with Gasteiger partial charge in [-0.15, -0.1) is 11.3 Å². The van der Waals surface area contributed by atoms with Crippen molar-refractivity contribution in [3.05, 3.63) is 21.4 Å². The van der Waals surface area contributed by atoms with Crippen LogP contribution in [0.15, 0.2) is 6.07 Å². The second-order valence-corrected chi connectivity index (χ2v) is 7.13. The molecule has 0 saturated carbocycles. The molecule has 21 heavy (non-hydrogen) atoms. The van der Waals surface area contributed by atoms with Gasteiger partial charge in [-0.3, -0.25) is 0 Å². The van der Waals surface area contributed by atoms with Crippen LogP contribution in [0.5, 0.6) is 0 Å². The molecule has 0 spiro atoms. The number of hydrogen-bond donors (Lipinski definition) is 1. The van der Waals surface area contributed by atoms with Crippen LogP contribution in [0, 0.1) is 6.92 Å². The second-order valence-electron chi connectivity index (χ2n) is 5.79. The zero-order chi connectivity index (χ0) is 15.3. The standard InChI is InChI=1S/C18H33NOS/c1-4-6-7-8-9-10-12-20-15-17-13-18(21-16(17)3)14-19-11-5-2/h13,19H,4-12,14-15H2,1-3H3. The van der Waals surface area contributed by atoms with Crippen LogP contribution in [0.2, 0.25) is 0 Å². The van der Waals surface area contributed by atoms with Gasteiger partial charge in [0.15, 0.2) is 0 Å². The first kappa shape index (κ1) is 18.7.